The van der Waals surface area contributed by atoms with Crippen LogP contribution in [0.25, 0.3) is 0 Å². The highest BCUT2D eigenvalue weighted by molar-refractivity contribution is 5.67. The van der Waals surface area contributed by atoms with Gasteiger partial charge in [0.2, 0.25) is 0 Å². The fourth-order valence-electron chi connectivity index (χ4n) is 21.7. The van der Waals surface area contributed by atoms with Crippen molar-refractivity contribution in [2.45, 2.75) is 216 Å². The maximum atomic E-state index is 14.1. The number of nitrogens with zero attached hydrogens (tertiary/aromatic N) is 5. The predicted molar refractivity (Wildman–Crippen MR) is 394 cm³/mol. The van der Waals surface area contributed by atoms with Crippen LogP contribution in [-0.2, 0) is 15.1 Å². The number of methoxy groups -OCH3 is 4. The summed E-state index contributed by atoms with van der Waals surface area (Å²) >= 11 is 0. The van der Waals surface area contributed by atoms with Gasteiger partial charge in [0.15, 0.2) is 0 Å². The molecule has 540 valence electrons. The topological polar surface area (TPSA) is 79.4 Å². The smallest absolute Gasteiger partial charge is 0.409 e. The average molecular weight is 1360 g/mol. The standard InChI is InChI=1S/C23H34N2O3.C23H33NO.C21H28FNO2.C19H26FN/c1-3-28-23(26)24-14-12-19(13-15-24)25-18-9-8-17(16-20(25)11-10-18)21-6-4-5-7-22(21)27-2;1-23(2)19-8-6-7-18(21(23)15-19)16-24-13-11-17(12-14-24)20-9-4-5-10-22(20)25-3;1-24-20-6-5-18(22)13-19(20)21(25-2)7-9-23(10-8-21)14-17-12-15-3-4-16(17)11-15;1-13-2-5-18(20)17(10-13)15-6-8-21(9-7-15)19-12-14-3-4-16(19)11-14/h4-7,17-20H,3,8-16H2,1-2H3;4-5,7,9-10,17,19,21H,6,8,11-16H2,1-3H3;3-6,13,15-17H,7-12,14H2,1-2H3;2,5,10,14-16,19H,3-4,6-9,11-12H2,1H3/t;19-,21?;15-,16?,17+;14-,16?,19?/m.100/s1. The summed E-state index contributed by atoms with van der Waals surface area (Å²) < 4.78 is 55.8. The molecule has 17 rings (SSSR count). The van der Waals surface area contributed by atoms with Gasteiger partial charge in [-0.05, 0) is 293 Å². The van der Waals surface area contributed by atoms with E-state index in [-0.39, 0.29) is 17.7 Å². The number of carbonyl (C=O) groups is 1. The van der Waals surface area contributed by atoms with E-state index in [0.29, 0.717) is 47.9 Å². The lowest BCUT2D eigenvalue weighted by Crippen LogP contribution is -2.50. The van der Waals surface area contributed by atoms with Gasteiger partial charge in [-0.3, -0.25) is 9.80 Å². The second-order valence-electron chi connectivity index (χ2n) is 32.9. The minimum Gasteiger partial charge on any atom is -0.496 e. The maximum Gasteiger partial charge on any atom is 0.409 e. The van der Waals surface area contributed by atoms with Gasteiger partial charge in [0, 0.05) is 76.1 Å². The quantitative estimate of drug-likeness (QED) is 0.107. The molecule has 13 heteroatoms. The highest BCUT2D eigenvalue weighted by atomic mass is 19.1. The largest absolute Gasteiger partial charge is 0.496 e. The number of piperidine rings is 4. The Morgan fingerprint density at radius 3 is 1.89 bits per heavy atom. The van der Waals surface area contributed by atoms with Crippen LogP contribution in [0.2, 0.25) is 0 Å². The number of halogens is 2. The summed E-state index contributed by atoms with van der Waals surface area (Å²) in [6, 6.07) is 30.3. The van der Waals surface area contributed by atoms with Gasteiger partial charge in [-0.15, -0.1) is 0 Å². The zero-order chi connectivity index (χ0) is 68.8. The second kappa shape index (κ2) is 32.6. The molecule has 6 saturated heterocycles. The minimum absolute atomic E-state index is 0.000951. The summed E-state index contributed by atoms with van der Waals surface area (Å²) in [4.78, 5) is 24.7. The van der Waals surface area contributed by atoms with Crippen molar-refractivity contribution in [2.75, 3.05) is 100 Å². The molecule has 8 bridgehead atoms. The van der Waals surface area contributed by atoms with Crippen molar-refractivity contribution in [3.8, 4) is 17.2 Å². The Hall–Kier alpha value is -5.31. The van der Waals surface area contributed by atoms with Crippen LogP contribution in [0.4, 0.5) is 13.6 Å². The van der Waals surface area contributed by atoms with Crippen LogP contribution in [0.5, 0.6) is 17.2 Å². The number of aryl methyl sites for hydroxylation is 1. The number of hydrogen-bond acceptors (Lipinski definition) is 10. The van der Waals surface area contributed by atoms with Crippen molar-refractivity contribution in [1.29, 1.82) is 0 Å². The molecule has 1 amide bonds. The molecule has 0 N–H and O–H groups in total. The molecule has 10 fully saturated rings. The van der Waals surface area contributed by atoms with Crippen LogP contribution in [0.1, 0.15) is 208 Å². The minimum atomic E-state index is -0.446. The molecule has 6 heterocycles. The van der Waals surface area contributed by atoms with Gasteiger partial charge >= 0.3 is 6.09 Å². The fraction of sp³-hybridized carbons (Fsp3) is 0.663. The van der Waals surface area contributed by atoms with Crippen LogP contribution in [0, 0.1) is 65.4 Å². The van der Waals surface area contributed by atoms with Crippen LogP contribution in [0.15, 0.2) is 109 Å². The molecule has 4 aromatic carbocycles. The molecule has 99 heavy (non-hydrogen) atoms. The highest BCUT2D eigenvalue weighted by Crippen LogP contribution is 2.58. The van der Waals surface area contributed by atoms with Crippen LogP contribution in [0.3, 0.4) is 0 Å². The number of rotatable bonds is 15. The van der Waals surface area contributed by atoms with E-state index in [1.54, 1.807) is 52.2 Å². The lowest BCUT2D eigenvalue weighted by molar-refractivity contribution is -0.0661. The lowest BCUT2D eigenvalue weighted by Gasteiger charge is -2.53. The third kappa shape index (κ3) is 16.2. The summed E-state index contributed by atoms with van der Waals surface area (Å²) in [6.45, 7) is 20.2. The van der Waals surface area contributed by atoms with Crippen molar-refractivity contribution in [3.05, 3.63) is 148 Å². The number of allylic oxidation sites excluding steroid dienone is 3. The van der Waals surface area contributed by atoms with E-state index < -0.39 is 5.60 Å². The number of fused-ring (bicyclic) bond motifs is 8. The van der Waals surface area contributed by atoms with E-state index in [1.165, 1.54) is 165 Å². The van der Waals surface area contributed by atoms with Crippen LogP contribution >= 0.6 is 0 Å². The molecule has 11 atom stereocenters. The van der Waals surface area contributed by atoms with Crippen molar-refractivity contribution < 1.29 is 37.3 Å². The Bertz CT molecular complexity index is 3360. The number of benzene rings is 4. The first kappa shape index (κ1) is 72.1. The van der Waals surface area contributed by atoms with Gasteiger partial charge in [0.25, 0.3) is 0 Å². The van der Waals surface area contributed by atoms with Crippen molar-refractivity contribution >= 4 is 6.09 Å². The second-order valence-corrected chi connectivity index (χ2v) is 32.9. The summed E-state index contributed by atoms with van der Waals surface area (Å²) in [5.74, 6) is 10.5. The van der Waals surface area contributed by atoms with Crippen molar-refractivity contribution in [3.63, 3.8) is 0 Å². The average Bonchev–Trinajstić information content (AvgIpc) is 1.75. The fourth-order valence-corrected chi connectivity index (χ4v) is 21.7. The first-order valence-electron chi connectivity index (χ1n) is 39.3. The third-order valence-electron chi connectivity index (χ3n) is 27.4. The van der Waals surface area contributed by atoms with E-state index in [4.69, 9.17) is 23.7 Å². The monoisotopic (exact) mass is 1360 g/mol. The molecule has 4 aromatic rings. The van der Waals surface area contributed by atoms with Gasteiger partial charge in [0.05, 0.1) is 33.5 Å². The zero-order valence-corrected chi connectivity index (χ0v) is 61.7. The van der Waals surface area contributed by atoms with E-state index in [1.807, 2.05) is 17.9 Å². The number of hydrogen-bond donors (Lipinski definition) is 0. The molecule has 0 radical (unpaired) electrons. The number of ether oxygens (including phenoxy) is 5. The van der Waals surface area contributed by atoms with Gasteiger partial charge in [-0.25, -0.2) is 13.6 Å². The predicted octanol–water partition coefficient (Wildman–Crippen LogP) is 18.2. The van der Waals surface area contributed by atoms with E-state index >= 15 is 0 Å². The van der Waals surface area contributed by atoms with Crippen LogP contribution in [-0.4, -0.2) is 155 Å². The molecule has 6 aliphatic heterocycles. The summed E-state index contributed by atoms with van der Waals surface area (Å²) in [6.07, 6.45) is 35.1. The summed E-state index contributed by atoms with van der Waals surface area (Å²) in [5.41, 5.74) is 7.62. The van der Waals surface area contributed by atoms with E-state index in [2.05, 4.69) is 113 Å². The van der Waals surface area contributed by atoms with E-state index in [9.17, 15) is 13.6 Å². The van der Waals surface area contributed by atoms with Gasteiger partial charge in [-0.2, -0.15) is 0 Å². The third-order valence-corrected chi connectivity index (χ3v) is 27.4. The Balaban J connectivity index is 0.000000119. The Kier molecular flexibility index (Phi) is 23.7. The molecule has 4 saturated carbocycles. The van der Waals surface area contributed by atoms with Crippen molar-refractivity contribution in [2.24, 2.45) is 46.8 Å². The van der Waals surface area contributed by atoms with Crippen LogP contribution < -0.4 is 14.2 Å². The molecular weight excluding hydrogens is 1240 g/mol. The number of carbonyl (C=O) groups excluding carboxylic acids is 1. The van der Waals surface area contributed by atoms with E-state index in [0.717, 1.165) is 141 Å². The molecule has 13 aliphatic rings. The Morgan fingerprint density at radius 1 is 0.586 bits per heavy atom. The maximum absolute atomic E-state index is 14.1. The Morgan fingerprint density at radius 2 is 1.25 bits per heavy atom. The van der Waals surface area contributed by atoms with Crippen molar-refractivity contribution in [1.82, 2.24) is 24.5 Å². The summed E-state index contributed by atoms with van der Waals surface area (Å²) in [7, 11) is 6.95. The van der Waals surface area contributed by atoms with Gasteiger partial charge in [0.1, 0.15) is 28.9 Å². The normalized spacial score (nSPS) is 30.5. The molecule has 0 spiro atoms. The molecule has 11 nitrogen and oxygen atoms in total. The lowest BCUT2D eigenvalue weighted by atomic mass is 9.53. The molecule has 0 aromatic heterocycles. The first-order valence-corrected chi connectivity index (χ1v) is 39.3. The highest BCUT2D eigenvalue weighted by Gasteiger charge is 2.51. The number of likely N-dealkylation sites (tertiary alicyclic amines) is 4. The molecule has 7 unspecified atom stereocenters. The molecule has 7 aliphatic carbocycles. The number of amides is 1. The van der Waals surface area contributed by atoms with Gasteiger partial charge in [-0.1, -0.05) is 98.2 Å². The zero-order valence-electron chi connectivity index (χ0n) is 61.7. The Labute approximate surface area is 594 Å². The van der Waals surface area contributed by atoms with Gasteiger partial charge < -0.3 is 38.4 Å². The summed E-state index contributed by atoms with van der Waals surface area (Å²) in [5, 5.41) is 0. The molecular formula is C86H121F2N5O6. The SMILES string of the molecule is CCOC(=O)N1CCC(N2C3CCC(c4ccccc4OC)CC2CC3)CC1.COc1ccc(F)cc1C1(OC)CCN(C[C@H]2C[C@H]3C=CC2C3)CC1.COc1ccccc1C1CCN(CC2=CCC[C@@H]3CC2C3(C)C)CC1.Cc1ccc(F)c(C2CCN(C3C[C@H]4CCC3C4)CC2)c1. The number of para-hydroxylation sites is 2. The first-order chi connectivity index (χ1) is 48.1.